The average Bonchev–Trinajstić information content (AvgIpc) is 2.79. The van der Waals surface area contributed by atoms with Crippen molar-refractivity contribution in [1.82, 2.24) is 5.32 Å². The Balaban J connectivity index is 1.93. The lowest BCUT2D eigenvalue weighted by molar-refractivity contribution is -0.129. The number of amides is 1. The molecular weight excluding hydrogens is 210 g/mol. The molecular formula is C12H18ClNO. The first-order valence-corrected chi connectivity index (χ1v) is 6.11. The monoisotopic (exact) mass is 227 g/mol. The Morgan fingerprint density at radius 2 is 2.20 bits per heavy atom. The Bertz CT molecular complexity index is 298. The summed E-state index contributed by atoms with van der Waals surface area (Å²) >= 11 is 5.78. The van der Waals surface area contributed by atoms with E-state index in [4.69, 9.17) is 11.6 Å². The van der Waals surface area contributed by atoms with Gasteiger partial charge in [-0.1, -0.05) is 12.2 Å². The predicted octanol–water partition coefficient (Wildman–Crippen LogP) is 2.33. The highest BCUT2D eigenvalue weighted by molar-refractivity contribution is 6.19. The molecule has 0 saturated heterocycles. The van der Waals surface area contributed by atoms with Gasteiger partial charge in [0.05, 0.1) is 5.41 Å². The molecule has 1 saturated carbocycles. The zero-order valence-electron chi connectivity index (χ0n) is 9.29. The molecule has 0 aliphatic heterocycles. The maximum Gasteiger partial charge on any atom is 0.227 e. The van der Waals surface area contributed by atoms with E-state index in [9.17, 15) is 4.79 Å². The van der Waals surface area contributed by atoms with Crippen molar-refractivity contribution in [3.8, 4) is 0 Å². The van der Waals surface area contributed by atoms with Crippen LogP contribution in [-0.4, -0.2) is 17.8 Å². The van der Waals surface area contributed by atoms with Gasteiger partial charge in [-0.25, -0.2) is 0 Å². The standard InChI is InChI=1S/C12H18ClNO/c1-12(2,7-13)11(15)14-10-6-8-3-4-9(10)5-8/h3-4,8-10H,5-7H2,1-2H3,(H,14,15). The van der Waals surface area contributed by atoms with E-state index in [1.54, 1.807) is 0 Å². The van der Waals surface area contributed by atoms with Crippen LogP contribution in [0.4, 0.5) is 0 Å². The van der Waals surface area contributed by atoms with Crippen LogP contribution < -0.4 is 5.32 Å². The summed E-state index contributed by atoms with van der Waals surface area (Å²) in [4.78, 5) is 11.9. The van der Waals surface area contributed by atoms with Crippen molar-refractivity contribution in [1.29, 1.82) is 0 Å². The average molecular weight is 228 g/mol. The van der Waals surface area contributed by atoms with Crippen LogP contribution in [0.1, 0.15) is 26.7 Å². The van der Waals surface area contributed by atoms with Crippen molar-refractivity contribution in [3.05, 3.63) is 12.2 Å². The fraction of sp³-hybridized carbons (Fsp3) is 0.750. The molecule has 0 radical (unpaired) electrons. The summed E-state index contributed by atoms with van der Waals surface area (Å²) in [7, 11) is 0. The largest absolute Gasteiger partial charge is 0.352 e. The molecule has 0 spiro atoms. The third kappa shape index (κ3) is 2.05. The highest BCUT2D eigenvalue weighted by Gasteiger charge is 2.38. The van der Waals surface area contributed by atoms with Crippen LogP contribution in [0, 0.1) is 17.3 Å². The Morgan fingerprint density at radius 3 is 2.67 bits per heavy atom. The first kappa shape index (κ1) is 11.0. The number of allylic oxidation sites excluding steroid dienone is 1. The van der Waals surface area contributed by atoms with Gasteiger partial charge in [-0.15, -0.1) is 11.6 Å². The summed E-state index contributed by atoms with van der Waals surface area (Å²) in [5.41, 5.74) is -0.451. The van der Waals surface area contributed by atoms with Gasteiger partial charge in [0, 0.05) is 11.9 Å². The lowest BCUT2D eigenvalue weighted by atomic mass is 9.93. The van der Waals surface area contributed by atoms with Crippen LogP contribution in [0.5, 0.6) is 0 Å². The highest BCUT2D eigenvalue weighted by atomic mass is 35.5. The van der Waals surface area contributed by atoms with Gasteiger partial charge in [0.25, 0.3) is 0 Å². The van der Waals surface area contributed by atoms with Gasteiger partial charge < -0.3 is 5.32 Å². The van der Waals surface area contributed by atoms with E-state index in [0.29, 0.717) is 23.8 Å². The summed E-state index contributed by atoms with van der Waals surface area (Å²) in [6.45, 7) is 3.77. The van der Waals surface area contributed by atoms with Crippen molar-refractivity contribution >= 4 is 17.5 Å². The van der Waals surface area contributed by atoms with Crippen molar-refractivity contribution in [2.45, 2.75) is 32.7 Å². The number of carbonyl (C=O) groups excluding carboxylic acids is 1. The van der Waals surface area contributed by atoms with E-state index in [0.717, 1.165) is 6.42 Å². The Labute approximate surface area is 96.1 Å². The van der Waals surface area contributed by atoms with E-state index in [-0.39, 0.29) is 5.91 Å². The first-order chi connectivity index (χ1) is 7.03. The fourth-order valence-electron chi connectivity index (χ4n) is 2.37. The molecule has 2 aliphatic rings. The molecule has 1 fully saturated rings. The minimum absolute atomic E-state index is 0.0865. The van der Waals surface area contributed by atoms with Crippen LogP contribution in [-0.2, 0) is 4.79 Å². The lowest BCUT2D eigenvalue weighted by Crippen LogP contribution is -2.45. The number of halogens is 1. The molecule has 2 nitrogen and oxygen atoms in total. The Morgan fingerprint density at radius 1 is 1.47 bits per heavy atom. The normalized spacial score (nSPS) is 33.4. The van der Waals surface area contributed by atoms with Crippen LogP contribution >= 0.6 is 11.6 Å². The third-order valence-corrected chi connectivity index (χ3v) is 4.21. The molecule has 1 N–H and O–H groups in total. The second kappa shape index (κ2) is 3.82. The molecule has 2 bridgehead atoms. The van der Waals surface area contributed by atoms with Crippen molar-refractivity contribution in [3.63, 3.8) is 0 Å². The fourth-order valence-corrected chi connectivity index (χ4v) is 2.49. The Hall–Kier alpha value is -0.500. The zero-order valence-corrected chi connectivity index (χ0v) is 10.1. The van der Waals surface area contributed by atoms with Crippen molar-refractivity contribution < 1.29 is 4.79 Å². The number of hydrogen-bond acceptors (Lipinski definition) is 1. The van der Waals surface area contributed by atoms with Gasteiger partial charge in [0.1, 0.15) is 0 Å². The third-order valence-electron chi connectivity index (χ3n) is 3.54. The molecule has 3 unspecified atom stereocenters. The van der Waals surface area contributed by atoms with E-state index < -0.39 is 5.41 Å². The summed E-state index contributed by atoms with van der Waals surface area (Å²) in [6, 6.07) is 0.343. The molecule has 2 rings (SSSR count). The molecule has 1 amide bonds. The molecule has 3 heteroatoms. The molecule has 3 atom stereocenters. The van der Waals surface area contributed by atoms with Gasteiger partial charge >= 0.3 is 0 Å². The minimum atomic E-state index is -0.451. The molecule has 84 valence electrons. The summed E-state index contributed by atoms with van der Waals surface area (Å²) < 4.78 is 0. The highest BCUT2D eigenvalue weighted by Crippen LogP contribution is 2.39. The number of hydrogen-bond donors (Lipinski definition) is 1. The number of carbonyl (C=O) groups is 1. The molecule has 15 heavy (non-hydrogen) atoms. The van der Waals surface area contributed by atoms with Gasteiger partial charge in [0.2, 0.25) is 5.91 Å². The predicted molar refractivity (Wildman–Crippen MR) is 61.8 cm³/mol. The molecule has 0 aromatic heterocycles. The second-order valence-electron chi connectivity index (χ2n) is 5.38. The van der Waals surface area contributed by atoms with E-state index >= 15 is 0 Å². The van der Waals surface area contributed by atoms with Gasteiger partial charge in [-0.3, -0.25) is 4.79 Å². The summed E-state index contributed by atoms with van der Waals surface area (Å²) in [5.74, 6) is 1.71. The second-order valence-corrected chi connectivity index (χ2v) is 5.64. The first-order valence-electron chi connectivity index (χ1n) is 5.58. The zero-order chi connectivity index (χ0) is 11.1. The van der Waals surface area contributed by atoms with Crippen LogP contribution in [0.2, 0.25) is 0 Å². The minimum Gasteiger partial charge on any atom is -0.352 e. The lowest BCUT2D eigenvalue weighted by Gasteiger charge is -2.26. The van der Waals surface area contributed by atoms with Crippen molar-refractivity contribution in [2.75, 3.05) is 5.88 Å². The van der Waals surface area contributed by atoms with Gasteiger partial charge in [-0.2, -0.15) is 0 Å². The SMILES string of the molecule is CC(C)(CCl)C(=O)NC1CC2C=CC1C2. The number of nitrogens with one attached hydrogen (secondary N) is 1. The molecule has 2 aliphatic carbocycles. The summed E-state index contributed by atoms with van der Waals surface area (Å²) in [6.07, 6.45) is 6.84. The topological polar surface area (TPSA) is 29.1 Å². The molecule has 0 heterocycles. The Kier molecular flexibility index (Phi) is 2.80. The van der Waals surface area contributed by atoms with E-state index in [1.165, 1.54) is 6.42 Å². The van der Waals surface area contributed by atoms with Crippen LogP contribution in [0.15, 0.2) is 12.2 Å². The van der Waals surface area contributed by atoms with Crippen molar-refractivity contribution in [2.24, 2.45) is 17.3 Å². The van der Waals surface area contributed by atoms with E-state index in [1.807, 2.05) is 13.8 Å². The maximum absolute atomic E-state index is 11.9. The quantitative estimate of drug-likeness (QED) is 0.582. The number of alkyl halides is 1. The van der Waals surface area contributed by atoms with E-state index in [2.05, 4.69) is 17.5 Å². The van der Waals surface area contributed by atoms with Crippen LogP contribution in [0.25, 0.3) is 0 Å². The van der Waals surface area contributed by atoms with Gasteiger partial charge in [0.15, 0.2) is 0 Å². The smallest absolute Gasteiger partial charge is 0.227 e. The summed E-state index contributed by atoms with van der Waals surface area (Å²) in [5, 5.41) is 3.13. The number of fused-ring (bicyclic) bond motifs is 2. The van der Waals surface area contributed by atoms with Crippen LogP contribution in [0.3, 0.4) is 0 Å². The molecule has 0 aromatic carbocycles. The number of rotatable bonds is 3. The van der Waals surface area contributed by atoms with Gasteiger partial charge in [-0.05, 0) is 38.5 Å². The molecule has 0 aromatic rings. The maximum atomic E-state index is 11.9.